The van der Waals surface area contributed by atoms with E-state index in [1.165, 1.54) is 0 Å². The average Bonchev–Trinajstić information content (AvgIpc) is 2.44. The number of hydrogen-bond donors (Lipinski definition) is 0. The second-order valence-electron chi connectivity index (χ2n) is 4.20. The predicted octanol–water partition coefficient (Wildman–Crippen LogP) is -0.843. The molecule has 1 fully saturated rings. The zero-order valence-electron chi connectivity index (χ0n) is 11.6. The van der Waals surface area contributed by atoms with Crippen LogP contribution in [0, 0.1) is 23.7 Å². The first-order valence-corrected chi connectivity index (χ1v) is 5.75. The van der Waals surface area contributed by atoms with Crippen molar-refractivity contribution < 1.29 is 38.1 Å². The highest BCUT2D eigenvalue weighted by atomic mass is 16.5. The SMILES string of the molecule is COC(=O)C1C(C(=O)OC)C(C(=O)OC)C1C(=O)OC. The average molecular weight is 288 g/mol. The number of hydrogen-bond acceptors (Lipinski definition) is 8. The summed E-state index contributed by atoms with van der Waals surface area (Å²) in [4.78, 5) is 46.9. The van der Waals surface area contributed by atoms with Crippen LogP contribution in [-0.4, -0.2) is 52.3 Å². The van der Waals surface area contributed by atoms with Crippen LogP contribution in [0.15, 0.2) is 0 Å². The highest BCUT2D eigenvalue weighted by molar-refractivity contribution is 5.97. The number of rotatable bonds is 4. The number of ether oxygens (including phenoxy) is 4. The molecule has 0 radical (unpaired) electrons. The lowest BCUT2D eigenvalue weighted by Crippen LogP contribution is -2.60. The van der Waals surface area contributed by atoms with Crippen molar-refractivity contribution in [1.29, 1.82) is 0 Å². The van der Waals surface area contributed by atoms with E-state index < -0.39 is 47.5 Å². The van der Waals surface area contributed by atoms with Crippen LogP contribution in [0.25, 0.3) is 0 Å². The van der Waals surface area contributed by atoms with Gasteiger partial charge in [0.2, 0.25) is 0 Å². The molecule has 0 atom stereocenters. The minimum absolute atomic E-state index is 0.782. The molecule has 112 valence electrons. The molecule has 0 N–H and O–H groups in total. The van der Waals surface area contributed by atoms with Crippen LogP contribution >= 0.6 is 0 Å². The molecule has 0 aliphatic heterocycles. The van der Waals surface area contributed by atoms with E-state index in [0.717, 1.165) is 28.4 Å². The number of carbonyl (C=O) groups excluding carboxylic acids is 4. The Labute approximate surface area is 115 Å². The first-order chi connectivity index (χ1) is 9.44. The molecule has 1 aliphatic rings. The van der Waals surface area contributed by atoms with Gasteiger partial charge in [0.05, 0.1) is 52.1 Å². The molecule has 0 aromatic heterocycles. The fourth-order valence-corrected chi connectivity index (χ4v) is 2.47. The van der Waals surface area contributed by atoms with Gasteiger partial charge in [0.1, 0.15) is 0 Å². The Morgan fingerprint density at radius 3 is 0.750 bits per heavy atom. The van der Waals surface area contributed by atoms with Gasteiger partial charge in [0, 0.05) is 0 Å². The van der Waals surface area contributed by atoms with Crippen LogP contribution in [0.4, 0.5) is 0 Å². The first-order valence-electron chi connectivity index (χ1n) is 5.75. The fraction of sp³-hybridized carbons (Fsp3) is 0.667. The Hall–Kier alpha value is -2.12. The molecule has 0 amide bonds. The van der Waals surface area contributed by atoms with Crippen LogP contribution in [0.3, 0.4) is 0 Å². The van der Waals surface area contributed by atoms with Crippen molar-refractivity contribution >= 4 is 23.9 Å². The summed E-state index contributed by atoms with van der Waals surface area (Å²) in [5, 5.41) is 0. The third kappa shape index (κ3) is 2.45. The van der Waals surface area contributed by atoms with Crippen molar-refractivity contribution in [3.8, 4) is 0 Å². The lowest BCUT2D eigenvalue weighted by Gasteiger charge is -2.44. The lowest BCUT2D eigenvalue weighted by molar-refractivity contribution is -0.196. The van der Waals surface area contributed by atoms with Crippen LogP contribution < -0.4 is 0 Å². The molecule has 20 heavy (non-hydrogen) atoms. The summed E-state index contributed by atoms with van der Waals surface area (Å²) in [5.74, 6) is -7.61. The Morgan fingerprint density at radius 2 is 0.650 bits per heavy atom. The normalized spacial score (nSPS) is 27.8. The Kier molecular flexibility index (Phi) is 5.06. The van der Waals surface area contributed by atoms with E-state index in [9.17, 15) is 19.2 Å². The van der Waals surface area contributed by atoms with Gasteiger partial charge >= 0.3 is 23.9 Å². The van der Waals surface area contributed by atoms with Gasteiger partial charge in [-0.05, 0) is 0 Å². The van der Waals surface area contributed by atoms with Crippen molar-refractivity contribution in [2.24, 2.45) is 23.7 Å². The summed E-state index contributed by atoms with van der Waals surface area (Å²) in [6.07, 6.45) is 0. The lowest BCUT2D eigenvalue weighted by atomic mass is 9.56. The topological polar surface area (TPSA) is 105 Å². The van der Waals surface area contributed by atoms with Crippen LogP contribution in [0.1, 0.15) is 0 Å². The molecule has 0 aromatic carbocycles. The highest BCUT2D eigenvalue weighted by Crippen LogP contribution is 2.48. The van der Waals surface area contributed by atoms with Gasteiger partial charge in [-0.3, -0.25) is 19.2 Å². The minimum Gasteiger partial charge on any atom is -0.469 e. The Bertz CT molecular complexity index is 341. The van der Waals surface area contributed by atoms with Crippen molar-refractivity contribution in [3.63, 3.8) is 0 Å². The molecule has 0 spiro atoms. The van der Waals surface area contributed by atoms with Crippen molar-refractivity contribution in [2.75, 3.05) is 28.4 Å². The molecular formula is C12H16O8. The molecular weight excluding hydrogens is 272 g/mol. The van der Waals surface area contributed by atoms with Crippen molar-refractivity contribution in [3.05, 3.63) is 0 Å². The van der Waals surface area contributed by atoms with Gasteiger partial charge in [-0.1, -0.05) is 0 Å². The Morgan fingerprint density at radius 1 is 0.500 bits per heavy atom. The molecule has 1 rings (SSSR count). The van der Waals surface area contributed by atoms with Crippen molar-refractivity contribution in [1.82, 2.24) is 0 Å². The van der Waals surface area contributed by atoms with Gasteiger partial charge in [-0.25, -0.2) is 0 Å². The van der Waals surface area contributed by atoms with E-state index in [1.807, 2.05) is 0 Å². The maximum atomic E-state index is 11.7. The zero-order chi connectivity index (χ0) is 15.4. The van der Waals surface area contributed by atoms with Gasteiger partial charge in [-0.15, -0.1) is 0 Å². The smallest absolute Gasteiger partial charge is 0.310 e. The molecule has 1 aliphatic carbocycles. The summed E-state index contributed by atoms with van der Waals surface area (Å²) >= 11 is 0. The molecule has 0 heterocycles. The van der Waals surface area contributed by atoms with Crippen LogP contribution in [-0.2, 0) is 38.1 Å². The quantitative estimate of drug-likeness (QED) is 0.487. The third-order valence-corrected chi connectivity index (χ3v) is 3.44. The molecule has 0 aromatic rings. The third-order valence-electron chi connectivity index (χ3n) is 3.44. The monoisotopic (exact) mass is 288 g/mol. The first kappa shape index (κ1) is 15.9. The van der Waals surface area contributed by atoms with Crippen LogP contribution in [0.5, 0.6) is 0 Å². The summed E-state index contributed by atoms with van der Waals surface area (Å²) in [6, 6.07) is 0. The van der Waals surface area contributed by atoms with Gasteiger partial charge < -0.3 is 18.9 Å². The minimum atomic E-state index is -1.12. The van der Waals surface area contributed by atoms with E-state index in [2.05, 4.69) is 18.9 Å². The maximum Gasteiger partial charge on any atom is 0.310 e. The van der Waals surface area contributed by atoms with Crippen LogP contribution in [0.2, 0.25) is 0 Å². The number of methoxy groups -OCH3 is 4. The largest absolute Gasteiger partial charge is 0.469 e. The molecule has 8 heteroatoms. The van der Waals surface area contributed by atoms with Gasteiger partial charge in [0.15, 0.2) is 0 Å². The van der Waals surface area contributed by atoms with E-state index in [4.69, 9.17) is 0 Å². The maximum absolute atomic E-state index is 11.7. The fourth-order valence-electron chi connectivity index (χ4n) is 2.47. The van der Waals surface area contributed by atoms with Gasteiger partial charge in [-0.2, -0.15) is 0 Å². The summed E-state index contributed by atoms with van der Waals surface area (Å²) in [5.41, 5.74) is 0. The number of esters is 4. The standard InChI is InChI=1S/C12H16O8/c1-17-9(13)5-6(10(14)18-2)8(12(16)20-4)7(5)11(15)19-3/h5-8H,1-4H3. The Balaban J connectivity index is 3.16. The zero-order valence-corrected chi connectivity index (χ0v) is 11.6. The van der Waals surface area contributed by atoms with E-state index in [1.54, 1.807) is 0 Å². The molecule has 8 nitrogen and oxygen atoms in total. The molecule has 0 bridgehead atoms. The highest BCUT2D eigenvalue weighted by Gasteiger charge is 2.65. The molecule has 0 unspecified atom stereocenters. The summed E-state index contributed by atoms with van der Waals surface area (Å²) in [7, 11) is 4.49. The summed E-state index contributed by atoms with van der Waals surface area (Å²) < 4.78 is 18.2. The van der Waals surface area contributed by atoms with Crippen molar-refractivity contribution in [2.45, 2.75) is 0 Å². The summed E-state index contributed by atoms with van der Waals surface area (Å²) in [6.45, 7) is 0. The van der Waals surface area contributed by atoms with Gasteiger partial charge in [0.25, 0.3) is 0 Å². The number of carbonyl (C=O) groups is 4. The molecule has 0 saturated heterocycles. The predicted molar refractivity (Wildman–Crippen MR) is 62.0 cm³/mol. The second-order valence-corrected chi connectivity index (χ2v) is 4.20. The van der Waals surface area contributed by atoms with E-state index in [-0.39, 0.29) is 0 Å². The molecule has 1 saturated carbocycles. The van der Waals surface area contributed by atoms with E-state index >= 15 is 0 Å². The van der Waals surface area contributed by atoms with E-state index in [0.29, 0.717) is 0 Å². The second kappa shape index (κ2) is 6.36.